The Balaban J connectivity index is 2.22. The van der Waals surface area contributed by atoms with Crippen molar-refractivity contribution in [3.8, 4) is 22.5 Å². The van der Waals surface area contributed by atoms with Gasteiger partial charge in [-0.1, -0.05) is 18.2 Å². The van der Waals surface area contributed by atoms with Gasteiger partial charge in [0.25, 0.3) is 0 Å². The Hall–Kier alpha value is -1.89. The third-order valence-electron chi connectivity index (χ3n) is 3.13. The summed E-state index contributed by atoms with van der Waals surface area (Å²) in [7, 11) is 1.85. The van der Waals surface area contributed by atoms with Crippen molar-refractivity contribution in [3.63, 3.8) is 0 Å². The molecule has 2 N–H and O–H groups in total. The zero-order valence-electron chi connectivity index (χ0n) is 10.9. The lowest BCUT2D eigenvalue weighted by Gasteiger charge is -2.03. The average Bonchev–Trinajstić information content (AvgIpc) is 2.77. The van der Waals surface area contributed by atoms with E-state index in [0.717, 1.165) is 22.5 Å². The summed E-state index contributed by atoms with van der Waals surface area (Å²) < 4.78 is 2.88. The van der Waals surface area contributed by atoms with Crippen molar-refractivity contribution < 1.29 is 0 Å². The summed E-state index contributed by atoms with van der Waals surface area (Å²) in [6.07, 6.45) is 1.76. The maximum Gasteiger partial charge on any atom is 0.131 e. The Kier molecular flexibility index (Phi) is 3.43. The molecule has 0 saturated heterocycles. The first-order valence-electron chi connectivity index (χ1n) is 6.16. The highest BCUT2D eigenvalue weighted by atomic mass is 127. The monoisotopic (exact) mass is 376 g/mol. The summed E-state index contributed by atoms with van der Waals surface area (Å²) in [5.74, 6) is 0.622. The van der Waals surface area contributed by atoms with Crippen molar-refractivity contribution in [1.82, 2.24) is 14.8 Å². The van der Waals surface area contributed by atoms with Crippen molar-refractivity contribution in [2.45, 2.75) is 0 Å². The molecule has 0 saturated carbocycles. The first-order chi connectivity index (χ1) is 9.66. The second-order valence-electron chi connectivity index (χ2n) is 4.45. The number of halogens is 1. The van der Waals surface area contributed by atoms with Crippen LogP contribution in [0.15, 0.2) is 48.7 Å². The average molecular weight is 376 g/mol. The lowest BCUT2D eigenvalue weighted by Crippen LogP contribution is -1.98. The van der Waals surface area contributed by atoms with Crippen LogP contribution in [-0.4, -0.2) is 14.8 Å². The number of hydrogen-bond donors (Lipinski definition) is 1. The number of pyridine rings is 1. The lowest BCUT2D eigenvalue weighted by atomic mass is 10.0. The van der Waals surface area contributed by atoms with Gasteiger partial charge in [-0.2, -0.15) is 5.10 Å². The van der Waals surface area contributed by atoms with Gasteiger partial charge in [-0.15, -0.1) is 0 Å². The number of anilines is 1. The number of nitrogens with two attached hydrogens (primary N) is 1. The molecular weight excluding hydrogens is 363 g/mol. The Morgan fingerprint density at radius 2 is 1.85 bits per heavy atom. The van der Waals surface area contributed by atoms with Gasteiger partial charge < -0.3 is 5.73 Å². The molecule has 0 bridgehead atoms. The van der Waals surface area contributed by atoms with E-state index in [-0.39, 0.29) is 0 Å². The lowest BCUT2D eigenvalue weighted by molar-refractivity contribution is 0.782. The molecule has 1 aromatic carbocycles. The van der Waals surface area contributed by atoms with Crippen molar-refractivity contribution in [1.29, 1.82) is 0 Å². The normalized spacial score (nSPS) is 10.7. The molecule has 4 nitrogen and oxygen atoms in total. The predicted octanol–water partition coefficient (Wildman–Crippen LogP) is 3.34. The molecule has 2 aromatic heterocycles. The summed E-state index contributed by atoms with van der Waals surface area (Å²) in [6.45, 7) is 0. The van der Waals surface area contributed by atoms with Crippen LogP contribution in [0, 0.1) is 3.57 Å². The minimum atomic E-state index is 0.622. The van der Waals surface area contributed by atoms with Gasteiger partial charge in [-0.05, 0) is 46.9 Å². The molecule has 0 unspecified atom stereocenters. The minimum Gasteiger partial charge on any atom is -0.383 e. The maximum atomic E-state index is 6.16. The van der Waals surface area contributed by atoms with Crippen molar-refractivity contribution in [2.75, 3.05) is 5.73 Å². The largest absolute Gasteiger partial charge is 0.383 e. The van der Waals surface area contributed by atoms with Crippen molar-refractivity contribution in [3.05, 3.63) is 52.2 Å². The molecule has 0 fully saturated rings. The molecule has 100 valence electrons. The smallest absolute Gasteiger partial charge is 0.131 e. The van der Waals surface area contributed by atoms with Crippen molar-refractivity contribution >= 4 is 28.4 Å². The number of aromatic nitrogens is 3. The van der Waals surface area contributed by atoms with Crippen LogP contribution >= 0.6 is 22.6 Å². The van der Waals surface area contributed by atoms with E-state index in [1.807, 2.05) is 25.2 Å². The molecule has 3 aromatic rings. The zero-order valence-corrected chi connectivity index (χ0v) is 13.1. The van der Waals surface area contributed by atoms with Gasteiger partial charge in [0.2, 0.25) is 0 Å². The van der Waals surface area contributed by atoms with Crippen molar-refractivity contribution in [2.24, 2.45) is 7.05 Å². The number of nitrogen functional groups attached to an aromatic ring is 1. The van der Waals surface area contributed by atoms with Gasteiger partial charge in [0.05, 0.1) is 11.3 Å². The predicted molar refractivity (Wildman–Crippen MR) is 89.0 cm³/mol. The van der Waals surface area contributed by atoms with E-state index in [1.54, 1.807) is 10.9 Å². The first kappa shape index (κ1) is 13.1. The van der Waals surface area contributed by atoms with Crippen LogP contribution in [0.4, 0.5) is 5.82 Å². The minimum absolute atomic E-state index is 0.622. The first-order valence-corrected chi connectivity index (χ1v) is 7.24. The van der Waals surface area contributed by atoms with Gasteiger partial charge in [0.15, 0.2) is 0 Å². The van der Waals surface area contributed by atoms with Crippen LogP contribution in [-0.2, 0) is 7.05 Å². The van der Waals surface area contributed by atoms with Gasteiger partial charge in [0.1, 0.15) is 11.5 Å². The van der Waals surface area contributed by atoms with Crippen LogP contribution in [0.2, 0.25) is 0 Å². The molecule has 0 radical (unpaired) electrons. The highest BCUT2D eigenvalue weighted by molar-refractivity contribution is 14.1. The molecule has 2 heterocycles. The summed E-state index contributed by atoms with van der Waals surface area (Å²) in [4.78, 5) is 4.39. The topological polar surface area (TPSA) is 56.7 Å². The fraction of sp³-hybridized carbons (Fsp3) is 0.0667. The highest BCUT2D eigenvalue weighted by Crippen LogP contribution is 2.34. The molecular formula is C15H13IN4. The second kappa shape index (κ2) is 5.24. The summed E-state index contributed by atoms with van der Waals surface area (Å²) in [5, 5.41) is 4.54. The molecule has 5 heteroatoms. The third-order valence-corrected chi connectivity index (χ3v) is 3.85. The van der Waals surface area contributed by atoms with E-state index < -0.39 is 0 Å². The summed E-state index contributed by atoms with van der Waals surface area (Å²) in [5.41, 5.74) is 9.79. The number of benzene rings is 1. The molecule has 3 rings (SSSR count). The van der Waals surface area contributed by atoms with Crippen LogP contribution in [0.5, 0.6) is 0 Å². The van der Waals surface area contributed by atoms with Gasteiger partial charge in [0, 0.05) is 22.4 Å². The third kappa shape index (κ3) is 2.29. The molecule has 0 aliphatic heterocycles. The number of aryl methyl sites for hydroxylation is 1. The number of rotatable bonds is 2. The fourth-order valence-electron chi connectivity index (χ4n) is 2.11. The summed E-state index contributed by atoms with van der Waals surface area (Å²) in [6, 6.07) is 14.0. The van der Waals surface area contributed by atoms with Gasteiger partial charge in [-0.25, -0.2) is 0 Å². The molecule has 0 spiro atoms. The standard InChI is InChI=1S/C15H13IN4/c1-20-15(17)13(12-4-2-3-9-18-12)14(19-20)10-5-7-11(16)8-6-10/h2-9H,17H2,1H3. The summed E-state index contributed by atoms with van der Waals surface area (Å²) >= 11 is 2.29. The molecule has 20 heavy (non-hydrogen) atoms. The van der Waals surface area contributed by atoms with E-state index in [1.165, 1.54) is 3.57 Å². The Bertz CT molecular complexity index is 733. The van der Waals surface area contributed by atoms with Gasteiger partial charge in [-0.3, -0.25) is 9.67 Å². The number of hydrogen-bond acceptors (Lipinski definition) is 3. The van der Waals surface area contributed by atoms with Crippen LogP contribution in [0.1, 0.15) is 0 Å². The second-order valence-corrected chi connectivity index (χ2v) is 5.70. The Morgan fingerprint density at radius 3 is 2.50 bits per heavy atom. The SMILES string of the molecule is Cn1nc(-c2ccc(I)cc2)c(-c2ccccn2)c1N. The Morgan fingerprint density at radius 1 is 1.10 bits per heavy atom. The Labute approximate surface area is 130 Å². The van der Waals surface area contributed by atoms with Crippen LogP contribution < -0.4 is 5.73 Å². The van der Waals surface area contributed by atoms with Gasteiger partial charge >= 0.3 is 0 Å². The van der Waals surface area contributed by atoms with E-state index >= 15 is 0 Å². The maximum absolute atomic E-state index is 6.16. The fourth-order valence-corrected chi connectivity index (χ4v) is 2.47. The molecule has 0 amide bonds. The van der Waals surface area contributed by atoms with Crippen LogP contribution in [0.25, 0.3) is 22.5 Å². The molecule has 0 atom stereocenters. The van der Waals surface area contributed by atoms with Crippen LogP contribution in [0.3, 0.4) is 0 Å². The van der Waals surface area contributed by atoms with E-state index in [0.29, 0.717) is 5.82 Å². The highest BCUT2D eigenvalue weighted by Gasteiger charge is 2.17. The zero-order chi connectivity index (χ0) is 14.1. The van der Waals surface area contributed by atoms with E-state index in [9.17, 15) is 0 Å². The molecule has 0 aliphatic carbocycles. The molecule has 0 aliphatic rings. The number of nitrogens with zero attached hydrogens (tertiary/aromatic N) is 3. The van der Waals surface area contributed by atoms with E-state index in [4.69, 9.17) is 5.73 Å². The quantitative estimate of drug-likeness (QED) is 0.698. The van der Waals surface area contributed by atoms with E-state index in [2.05, 4.69) is 56.9 Å².